The standard InChI is InChI=1S/C11H26N2/c1-5-7-8-11(12-9-6-2)13-10(3)4/h10-13H,5-9H2,1-4H3. The lowest BCUT2D eigenvalue weighted by Gasteiger charge is -2.22. The molecule has 2 N–H and O–H groups in total. The van der Waals surface area contributed by atoms with Crippen LogP contribution in [0.5, 0.6) is 0 Å². The highest BCUT2D eigenvalue weighted by Crippen LogP contribution is 1.99. The first-order valence-corrected chi connectivity index (χ1v) is 5.70. The van der Waals surface area contributed by atoms with Crippen molar-refractivity contribution < 1.29 is 0 Å². The highest BCUT2D eigenvalue weighted by molar-refractivity contribution is 4.66. The number of hydrogen-bond donors (Lipinski definition) is 2. The van der Waals surface area contributed by atoms with Crippen LogP contribution in [0.2, 0.25) is 0 Å². The summed E-state index contributed by atoms with van der Waals surface area (Å²) in [6.45, 7) is 9.97. The van der Waals surface area contributed by atoms with Crippen molar-refractivity contribution in [1.29, 1.82) is 0 Å². The third-order valence-electron chi connectivity index (χ3n) is 2.02. The van der Waals surface area contributed by atoms with Crippen LogP contribution in [0, 0.1) is 0 Å². The lowest BCUT2D eigenvalue weighted by Crippen LogP contribution is -2.45. The van der Waals surface area contributed by atoms with Gasteiger partial charge in [-0.3, -0.25) is 5.32 Å². The zero-order valence-electron chi connectivity index (χ0n) is 9.69. The molecule has 1 atom stereocenters. The second-order valence-electron chi connectivity index (χ2n) is 3.97. The molecule has 2 nitrogen and oxygen atoms in total. The molecule has 80 valence electrons. The summed E-state index contributed by atoms with van der Waals surface area (Å²) in [5.74, 6) is 0. The Morgan fingerprint density at radius 3 is 2.23 bits per heavy atom. The Balaban J connectivity index is 3.60. The smallest absolute Gasteiger partial charge is 0.0573 e. The fourth-order valence-corrected chi connectivity index (χ4v) is 1.37. The van der Waals surface area contributed by atoms with Gasteiger partial charge in [-0.05, 0) is 33.2 Å². The Morgan fingerprint density at radius 2 is 1.77 bits per heavy atom. The molecule has 0 aromatic rings. The first kappa shape index (κ1) is 12.9. The van der Waals surface area contributed by atoms with E-state index in [4.69, 9.17) is 0 Å². The van der Waals surface area contributed by atoms with Gasteiger partial charge < -0.3 is 5.32 Å². The molecule has 13 heavy (non-hydrogen) atoms. The molecule has 0 aliphatic heterocycles. The van der Waals surface area contributed by atoms with Gasteiger partial charge in [-0.15, -0.1) is 0 Å². The van der Waals surface area contributed by atoms with E-state index in [1.165, 1.54) is 25.7 Å². The molecule has 0 spiro atoms. The van der Waals surface area contributed by atoms with E-state index in [0.29, 0.717) is 12.2 Å². The molecule has 0 aromatic carbocycles. The summed E-state index contributed by atoms with van der Waals surface area (Å²) in [4.78, 5) is 0. The van der Waals surface area contributed by atoms with Crippen LogP contribution >= 0.6 is 0 Å². The molecule has 0 fully saturated rings. The molecular formula is C11H26N2. The molecular weight excluding hydrogens is 160 g/mol. The average Bonchev–Trinajstić information content (AvgIpc) is 2.09. The predicted octanol–water partition coefficient (Wildman–Crippen LogP) is 2.50. The van der Waals surface area contributed by atoms with E-state index in [0.717, 1.165) is 6.54 Å². The maximum Gasteiger partial charge on any atom is 0.0573 e. The van der Waals surface area contributed by atoms with E-state index in [-0.39, 0.29) is 0 Å². The van der Waals surface area contributed by atoms with Gasteiger partial charge in [-0.2, -0.15) is 0 Å². The molecule has 0 heterocycles. The molecule has 0 bridgehead atoms. The number of unbranched alkanes of at least 4 members (excludes halogenated alkanes) is 1. The summed E-state index contributed by atoms with van der Waals surface area (Å²) in [5.41, 5.74) is 0. The van der Waals surface area contributed by atoms with E-state index >= 15 is 0 Å². The lowest BCUT2D eigenvalue weighted by molar-refractivity contribution is 0.364. The van der Waals surface area contributed by atoms with E-state index < -0.39 is 0 Å². The molecule has 1 unspecified atom stereocenters. The summed E-state index contributed by atoms with van der Waals surface area (Å²) in [6, 6.07) is 0.575. The van der Waals surface area contributed by atoms with E-state index in [1.807, 2.05) is 0 Å². The quantitative estimate of drug-likeness (QED) is 0.569. The molecule has 0 rings (SSSR count). The minimum atomic E-state index is 0.514. The van der Waals surface area contributed by atoms with Crippen LogP contribution in [0.15, 0.2) is 0 Å². The second kappa shape index (κ2) is 8.52. The highest BCUT2D eigenvalue weighted by atomic mass is 15.1. The van der Waals surface area contributed by atoms with Crippen LogP contribution < -0.4 is 10.6 Å². The minimum Gasteiger partial charge on any atom is -0.302 e. The van der Waals surface area contributed by atoms with Crippen molar-refractivity contribution in [2.75, 3.05) is 6.54 Å². The molecule has 0 radical (unpaired) electrons. The van der Waals surface area contributed by atoms with E-state index in [1.54, 1.807) is 0 Å². The third kappa shape index (κ3) is 8.26. The van der Waals surface area contributed by atoms with Gasteiger partial charge in [-0.1, -0.05) is 26.7 Å². The van der Waals surface area contributed by atoms with Gasteiger partial charge >= 0.3 is 0 Å². The van der Waals surface area contributed by atoms with Crippen molar-refractivity contribution in [3.05, 3.63) is 0 Å². The summed E-state index contributed by atoms with van der Waals surface area (Å²) < 4.78 is 0. The highest BCUT2D eigenvalue weighted by Gasteiger charge is 2.06. The van der Waals surface area contributed by atoms with Crippen molar-refractivity contribution in [2.24, 2.45) is 0 Å². The molecule has 0 saturated heterocycles. The molecule has 0 aliphatic rings. The molecule has 0 aliphatic carbocycles. The van der Waals surface area contributed by atoms with Crippen molar-refractivity contribution in [1.82, 2.24) is 10.6 Å². The fraction of sp³-hybridized carbons (Fsp3) is 1.00. The van der Waals surface area contributed by atoms with Crippen molar-refractivity contribution >= 4 is 0 Å². The van der Waals surface area contributed by atoms with Crippen LogP contribution in [-0.4, -0.2) is 18.8 Å². The first-order valence-electron chi connectivity index (χ1n) is 5.70. The zero-order chi connectivity index (χ0) is 10.1. The van der Waals surface area contributed by atoms with Crippen LogP contribution in [0.4, 0.5) is 0 Å². The number of hydrogen-bond acceptors (Lipinski definition) is 2. The first-order chi connectivity index (χ1) is 6.20. The van der Waals surface area contributed by atoms with Gasteiger partial charge in [0, 0.05) is 6.04 Å². The molecule has 2 heteroatoms. The largest absolute Gasteiger partial charge is 0.302 e. The maximum absolute atomic E-state index is 3.54. The summed E-state index contributed by atoms with van der Waals surface area (Å²) in [6.07, 6.45) is 5.56. The molecule has 0 saturated carbocycles. The van der Waals surface area contributed by atoms with Crippen molar-refractivity contribution in [3.8, 4) is 0 Å². The SMILES string of the molecule is CCCCC(NCCC)NC(C)C. The summed E-state index contributed by atoms with van der Waals surface area (Å²) >= 11 is 0. The number of rotatable bonds is 8. The maximum atomic E-state index is 3.54. The molecule has 0 aromatic heterocycles. The third-order valence-corrected chi connectivity index (χ3v) is 2.02. The van der Waals surface area contributed by atoms with Gasteiger partial charge in [0.1, 0.15) is 0 Å². The minimum absolute atomic E-state index is 0.514. The predicted molar refractivity (Wildman–Crippen MR) is 59.9 cm³/mol. The Morgan fingerprint density at radius 1 is 1.08 bits per heavy atom. The van der Waals surface area contributed by atoms with Gasteiger partial charge in [-0.25, -0.2) is 0 Å². The Labute approximate surface area is 83.5 Å². The Kier molecular flexibility index (Phi) is 8.46. The molecule has 0 amide bonds. The van der Waals surface area contributed by atoms with Gasteiger partial charge in [0.2, 0.25) is 0 Å². The van der Waals surface area contributed by atoms with E-state index in [9.17, 15) is 0 Å². The van der Waals surface area contributed by atoms with Gasteiger partial charge in [0.25, 0.3) is 0 Å². The summed E-state index contributed by atoms with van der Waals surface area (Å²) in [5, 5.41) is 7.06. The Bertz CT molecular complexity index is 94.3. The zero-order valence-corrected chi connectivity index (χ0v) is 9.69. The van der Waals surface area contributed by atoms with Crippen LogP contribution in [0.3, 0.4) is 0 Å². The van der Waals surface area contributed by atoms with Gasteiger partial charge in [0.05, 0.1) is 6.17 Å². The Hall–Kier alpha value is -0.0800. The second-order valence-corrected chi connectivity index (χ2v) is 3.97. The fourth-order valence-electron chi connectivity index (χ4n) is 1.37. The normalized spacial score (nSPS) is 13.6. The van der Waals surface area contributed by atoms with Crippen molar-refractivity contribution in [2.45, 2.75) is 65.6 Å². The van der Waals surface area contributed by atoms with Crippen molar-refractivity contribution in [3.63, 3.8) is 0 Å². The monoisotopic (exact) mass is 186 g/mol. The number of nitrogens with one attached hydrogen (secondary N) is 2. The summed E-state index contributed by atoms with van der Waals surface area (Å²) in [7, 11) is 0. The van der Waals surface area contributed by atoms with Crippen LogP contribution in [0.1, 0.15) is 53.4 Å². The van der Waals surface area contributed by atoms with Gasteiger partial charge in [0.15, 0.2) is 0 Å². The van der Waals surface area contributed by atoms with Crippen LogP contribution in [-0.2, 0) is 0 Å². The van der Waals surface area contributed by atoms with E-state index in [2.05, 4.69) is 38.3 Å². The lowest BCUT2D eigenvalue weighted by atomic mass is 10.2. The van der Waals surface area contributed by atoms with Crippen LogP contribution in [0.25, 0.3) is 0 Å². The average molecular weight is 186 g/mol. The topological polar surface area (TPSA) is 24.1 Å².